The normalized spacial score (nSPS) is 16.3. The van der Waals surface area contributed by atoms with Crippen molar-refractivity contribution in [2.75, 3.05) is 6.61 Å². The molecule has 0 spiro atoms. The number of fused-ring (bicyclic) bond motifs is 1. The molecule has 3 heterocycles. The first kappa shape index (κ1) is 23.0. The molecule has 0 bridgehead atoms. The fraction of sp³-hybridized carbons (Fsp3) is 0.261. The number of allylic oxidation sites excluding steroid dienone is 1. The van der Waals surface area contributed by atoms with Crippen LogP contribution >= 0.6 is 45.9 Å². The van der Waals surface area contributed by atoms with Gasteiger partial charge in [-0.05, 0) is 48.1 Å². The van der Waals surface area contributed by atoms with E-state index in [-0.39, 0.29) is 11.5 Å². The SMILES string of the molecule is CC1=C(C(=O)OCC(C)C)C(c2cccs2)n2c(sc(=Cc3ccc(Cl)cc3Cl)c2=O)=N1. The van der Waals surface area contributed by atoms with Gasteiger partial charge in [-0.25, -0.2) is 9.79 Å². The zero-order valence-electron chi connectivity index (χ0n) is 17.6. The van der Waals surface area contributed by atoms with Crippen molar-refractivity contribution < 1.29 is 9.53 Å². The van der Waals surface area contributed by atoms with E-state index in [0.717, 1.165) is 4.88 Å². The lowest BCUT2D eigenvalue weighted by atomic mass is 10.0. The lowest BCUT2D eigenvalue weighted by Gasteiger charge is -2.23. The number of carbonyl (C=O) groups is 1. The number of carbonyl (C=O) groups excluding carboxylic acids is 1. The van der Waals surface area contributed by atoms with Gasteiger partial charge in [0.1, 0.15) is 6.04 Å². The number of hydrogen-bond donors (Lipinski definition) is 0. The van der Waals surface area contributed by atoms with Gasteiger partial charge in [0.05, 0.1) is 22.4 Å². The maximum Gasteiger partial charge on any atom is 0.338 e. The van der Waals surface area contributed by atoms with Crippen molar-refractivity contribution in [3.63, 3.8) is 0 Å². The van der Waals surface area contributed by atoms with E-state index in [1.165, 1.54) is 22.7 Å². The molecule has 9 heteroatoms. The Bertz CT molecular complexity index is 1390. The zero-order chi connectivity index (χ0) is 23.0. The molecule has 0 fully saturated rings. The fourth-order valence-corrected chi connectivity index (χ4v) is 5.70. The van der Waals surface area contributed by atoms with Crippen LogP contribution in [0.5, 0.6) is 0 Å². The molecule has 166 valence electrons. The van der Waals surface area contributed by atoms with Gasteiger partial charge in [-0.1, -0.05) is 60.5 Å². The molecule has 4 rings (SSSR count). The molecule has 0 N–H and O–H groups in total. The Labute approximate surface area is 202 Å². The third-order valence-electron chi connectivity index (χ3n) is 4.85. The van der Waals surface area contributed by atoms with Crippen LogP contribution in [0.1, 0.15) is 37.3 Å². The van der Waals surface area contributed by atoms with Crippen molar-refractivity contribution in [3.05, 3.63) is 87.2 Å². The summed E-state index contributed by atoms with van der Waals surface area (Å²) in [5, 5.41) is 2.89. The second-order valence-electron chi connectivity index (χ2n) is 7.76. The highest BCUT2D eigenvalue weighted by atomic mass is 35.5. The number of thiophene rings is 1. The summed E-state index contributed by atoms with van der Waals surface area (Å²) < 4.78 is 7.57. The lowest BCUT2D eigenvalue weighted by molar-refractivity contribution is -0.140. The molecule has 5 nitrogen and oxygen atoms in total. The molecule has 32 heavy (non-hydrogen) atoms. The van der Waals surface area contributed by atoms with Crippen LogP contribution in [0.2, 0.25) is 10.0 Å². The highest BCUT2D eigenvalue weighted by Crippen LogP contribution is 2.33. The molecule has 0 saturated carbocycles. The van der Waals surface area contributed by atoms with Crippen LogP contribution in [0.4, 0.5) is 0 Å². The quantitative estimate of drug-likeness (QED) is 0.466. The third-order valence-corrected chi connectivity index (χ3v) is 7.32. The number of thiazole rings is 1. The van der Waals surface area contributed by atoms with E-state index < -0.39 is 12.0 Å². The Hall–Kier alpha value is -2.19. The van der Waals surface area contributed by atoms with Gasteiger partial charge in [0.2, 0.25) is 0 Å². The summed E-state index contributed by atoms with van der Waals surface area (Å²) in [4.78, 5) is 32.5. The molecule has 1 unspecified atom stereocenters. The molecule has 0 radical (unpaired) electrons. The molecular weight excluding hydrogens is 487 g/mol. The molecule has 1 aliphatic heterocycles. The Balaban J connectivity index is 1.88. The van der Waals surface area contributed by atoms with Gasteiger partial charge in [0, 0.05) is 14.9 Å². The minimum atomic E-state index is -0.589. The third kappa shape index (κ3) is 4.48. The number of benzene rings is 1. The van der Waals surface area contributed by atoms with Crippen LogP contribution in [0.25, 0.3) is 6.08 Å². The van der Waals surface area contributed by atoms with Crippen LogP contribution in [0, 0.1) is 5.92 Å². The molecule has 3 aromatic rings. The summed E-state index contributed by atoms with van der Waals surface area (Å²) in [6.45, 7) is 6.02. The number of hydrogen-bond acceptors (Lipinski definition) is 6. The molecule has 0 saturated heterocycles. The van der Waals surface area contributed by atoms with Gasteiger partial charge in [0.25, 0.3) is 5.56 Å². The molecular formula is C23H20Cl2N2O3S2. The number of esters is 1. The summed E-state index contributed by atoms with van der Waals surface area (Å²) in [7, 11) is 0. The number of aromatic nitrogens is 1. The highest BCUT2D eigenvalue weighted by Gasteiger charge is 2.34. The molecule has 1 atom stereocenters. The second-order valence-corrected chi connectivity index (χ2v) is 10.6. The Morgan fingerprint density at radius 1 is 1.31 bits per heavy atom. The highest BCUT2D eigenvalue weighted by molar-refractivity contribution is 7.10. The van der Waals surface area contributed by atoms with E-state index in [4.69, 9.17) is 27.9 Å². The standard InChI is InChI=1S/C23H20Cl2N2O3S2/c1-12(2)11-30-22(29)19-13(3)26-23-27(20(19)17-5-4-8-31-17)21(28)18(32-23)9-14-6-7-15(24)10-16(14)25/h4-10,12,20H,11H2,1-3H3. The topological polar surface area (TPSA) is 60.7 Å². The van der Waals surface area contributed by atoms with Gasteiger partial charge < -0.3 is 4.74 Å². The van der Waals surface area contributed by atoms with Gasteiger partial charge in [-0.15, -0.1) is 11.3 Å². The van der Waals surface area contributed by atoms with Crippen LogP contribution in [-0.4, -0.2) is 17.1 Å². The monoisotopic (exact) mass is 506 g/mol. The Kier molecular flexibility index (Phi) is 6.72. The predicted octanol–water partition coefficient (Wildman–Crippen LogP) is 4.80. The zero-order valence-corrected chi connectivity index (χ0v) is 20.7. The van der Waals surface area contributed by atoms with Crippen molar-refractivity contribution in [1.82, 2.24) is 4.57 Å². The maximum absolute atomic E-state index is 13.5. The fourth-order valence-electron chi connectivity index (χ4n) is 3.38. The van der Waals surface area contributed by atoms with E-state index in [1.807, 2.05) is 31.4 Å². The summed E-state index contributed by atoms with van der Waals surface area (Å²) in [5.41, 5.74) is 1.38. The van der Waals surface area contributed by atoms with E-state index >= 15 is 0 Å². The smallest absolute Gasteiger partial charge is 0.338 e. The largest absolute Gasteiger partial charge is 0.462 e. The number of ether oxygens (including phenoxy) is 1. The number of rotatable bonds is 5. The van der Waals surface area contributed by atoms with Gasteiger partial charge in [-0.2, -0.15) is 0 Å². The summed E-state index contributed by atoms with van der Waals surface area (Å²) in [5.74, 6) is -0.251. The summed E-state index contributed by atoms with van der Waals surface area (Å²) >= 11 is 15.0. The van der Waals surface area contributed by atoms with Crippen molar-refractivity contribution in [2.45, 2.75) is 26.8 Å². The summed E-state index contributed by atoms with van der Waals surface area (Å²) in [6.07, 6.45) is 1.73. The van der Waals surface area contributed by atoms with Crippen molar-refractivity contribution >= 4 is 57.9 Å². The summed E-state index contributed by atoms with van der Waals surface area (Å²) in [6, 6.07) is 8.34. The molecule has 2 aromatic heterocycles. The van der Waals surface area contributed by atoms with Crippen molar-refractivity contribution in [2.24, 2.45) is 10.9 Å². The lowest BCUT2D eigenvalue weighted by Crippen LogP contribution is -2.39. The van der Waals surface area contributed by atoms with Gasteiger partial charge in [0.15, 0.2) is 4.80 Å². The number of nitrogens with zero attached hydrogens (tertiary/aromatic N) is 2. The van der Waals surface area contributed by atoms with Crippen molar-refractivity contribution in [1.29, 1.82) is 0 Å². The van der Waals surface area contributed by atoms with Crippen LogP contribution in [0.15, 0.2) is 56.8 Å². The van der Waals surface area contributed by atoms with E-state index in [0.29, 0.717) is 42.8 Å². The Morgan fingerprint density at radius 3 is 2.75 bits per heavy atom. The minimum absolute atomic E-state index is 0.199. The molecule has 0 amide bonds. The maximum atomic E-state index is 13.5. The van der Waals surface area contributed by atoms with Crippen LogP contribution in [0.3, 0.4) is 0 Å². The predicted molar refractivity (Wildman–Crippen MR) is 130 cm³/mol. The first-order valence-electron chi connectivity index (χ1n) is 9.94. The van der Waals surface area contributed by atoms with Crippen LogP contribution in [-0.2, 0) is 9.53 Å². The molecule has 1 aliphatic rings. The molecule has 0 aliphatic carbocycles. The van der Waals surface area contributed by atoms with E-state index in [1.54, 1.807) is 35.8 Å². The second kappa shape index (κ2) is 9.35. The van der Waals surface area contributed by atoms with E-state index in [2.05, 4.69) is 4.99 Å². The first-order chi connectivity index (χ1) is 15.3. The van der Waals surface area contributed by atoms with Crippen molar-refractivity contribution in [3.8, 4) is 0 Å². The average molecular weight is 507 g/mol. The van der Waals surface area contributed by atoms with E-state index in [9.17, 15) is 9.59 Å². The Morgan fingerprint density at radius 2 is 2.09 bits per heavy atom. The number of halogens is 2. The minimum Gasteiger partial charge on any atom is -0.462 e. The van der Waals surface area contributed by atoms with Gasteiger partial charge in [-0.3, -0.25) is 9.36 Å². The average Bonchev–Trinajstić information content (AvgIpc) is 3.36. The first-order valence-corrected chi connectivity index (χ1v) is 12.4. The van der Waals surface area contributed by atoms with Crippen LogP contribution < -0.4 is 14.9 Å². The van der Waals surface area contributed by atoms with Gasteiger partial charge >= 0.3 is 5.97 Å². The molecule has 1 aromatic carbocycles.